The standard InChI is InChI=1S/C9H13N3O/c1-2-9-11-5-8(6-12-9)13-7-3-10-4-7/h5-7,10H,2-4H2,1H3. The molecule has 1 aromatic rings. The summed E-state index contributed by atoms with van der Waals surface area (Å²) < 4.78 is 5.56. The van der Waals surface area contributed by atoms with Crippen LogP contribution in [0, 0.1) is 0 Å². The number of hydrogen-bond acceptors (Lipinski definition) is 4. The molecule has 0 aromatic carbocycles. The lowest BCUT2D eigenvalue weighted by molar-refractivity contribution is 0.141. The molecule has 0 saturated carbocycles. The quantitative estimate of drug-likeness (QED) is 0.729. The van der Waals surface area contributed by atoms with Gasteiger partial charge in [0, 0.05) is 19.5 Å². The van der Waals surface area contributed by atoms with Crippen molar-refractivity contribution in [1.29, 1.82) is 0 Å². The van der Waals surface area contributed by atoms with Crippen molar-refractivity contribution in [1.82, 2.24) is 15.3 Å². The van der Waals surface area contributed by atoms with E-state index in [0.29, 0.717) is 6.10 Å². The van der Waals surface area contributed by atoms with Crippen LogP contribution in [0.25, 0.3) is 0 Å². The van der Waals surface area contributed by atoms with Gasteiger partial charge in [0.15, 0.2) is 5.75 Å². The molecule has 0 aliphatic carbocycles. The number of aromatic nitrogens is 2. The molecule has 4 heteroatoms. The Labute approximate surface area is 77.4 Å². The smallest absolute Gasteiger partial charge is 0.156 e. The van der Waals surface area contributed by atoms with E-state index >= 15 is 0 Å². The lowest BCUT2D eigenvalue weighted by Crippen LogP contribution is -2.50. The summed E-state index contributed by atoms with van der Waals surface area (Å²) in [5, 5.41) is 3.14. The first-order valence-corrected chi connectivity index (χ1v) is 4.57. The van der Waals surface area contributed by atoms with Crippen LogP contribution in [-0.2, 0) is 6.42 Å². The summed E-state index contributed by atoms with van der Waals surface area (Å²) in [6.45, 7) is 3.89. The van der Waals surface area contributed by atoms with Crippen LogP contribution in [0.3, 0.4) is 0 Å². The minimum Gasteiger partial charge on any atom is -0.485 e. The number of ether oxygens (including phenoxy) is 1. The van der Waals surface area contributed by atoms with E-state index in [1.54, 1.807) is 12.4 Å². The maximum Gasteiger partial charge on any atom is 0.156 e. The molecule has 4 nitrogen and oxygen atoms in total. The van der Waals surface area contributed by atoms with Crippen LogP contribution in [0.2, 0.25) is 0 Å². The van der Waals surface area contributed by atoms with Gasteiger partial charge < -0.3 is 10.1 Å². The maximum absolute atomic E-state index is 5.56. The summed E-state index contributed by atoms with van der Waals surface area (Å²) in [7, 11) is 0. The average molecular weight is 179 g/mol. The fourth-order valence-electron chi connectivity index (χ4n) is 1.12. The van der Waals surface area contributed by atoms with Gasteiger partial charge in [-0.05, 0) is 0 Å². The molecule has 2 rings (SSSR count). The van der Waals surface area contributed by atoms with E-state index in [-0.39, 0.29) is 0 Å². The van der Waals surface area contributed by atoms with Gasteiger partial charge in [-0.25, -0.2) is 9.97 Å². The Bertz CT molecular complexity index is 269. The first kappa shape index (κ1) is 8.44. The normalized spacial score (nSPS) is 16.7. The SMILES string of the molecule is CCc1ncc(OC2CNC2)cn1. The number of nitrogens with zero attached hydrogens (tertiary/aromatic N) is 2. The van der Waals surface area contributed by atoms with Crippen molar-refractivity contribution in [3.8, 4) is 5.75 Å². The van der Waals surface area contributed by atoms with Gasteiger partial charge >= 0.3 is 0 Å². The van der Waals surface area contributed by atoms with Gasteiger partial charge in [0.1, 0.15) is 11.9 Å². The molecule has 0 unspecified atom stereocenters. The molecule has 2 heterocycles. The Morgan fingerprint density at radius 3 is 2.62 bits per heavy atom. The first-order valence-electron chi connectivity index (χ1n) is 4.57. The van der Waals surface area contributed by atoms with Crippen LogP contribution in [0.4, 0.5) is 0 Å². The van der Waals surface area contributed by atoms with Crippen molar-refractivity contribution in [2.24, 2.45) is 0 Å². The Morgan fingerprint density at radius 2 is 2.15 bits per heavy atom. The summed E-state index contributed by atoms with van der Waals surface area (Å²) in [6.07, 6.45) is 4.65. The van der Waals surface area contributed by atoms with E-state index in [4.69, 9.17) is 4.74 Å². The summed E-state index contributed by atoms with van der Waals surface area (Å²) in [5.41, 5.74) is 0. The predicted octanol–water partition coefficient (Wildman–Crippen LogP) is 0.390. The Morgan fingerprint density at radius 1 is 1.46 bits per heavy atom. The fourth-order valence-corrected chi connectivity index (χ4v) is 1.12. The zero-order valence-electron chi connectivity index (χ0n) is 7.66. The third-order valence-corrected chi connectivity index (χ3v) is 2.04. The van der Waals surface area contributed by atoms with Crippen molar-refractivity contribution in [2.75, 3.05) is 13.1 Å². The molecule has 1 aliphatic heterocycles. The van der Waals surface area contributed by atoms with E-state index in [1.807, 2.05) is 6.92 Å². The molecule has 1 N–H and O–H groups in total. The zero-order chi connectivity index (χ0) is 9.10. The minimum atomic E-state index is 0.302. The molecule has 1 aromatic heterocycles. The highest BCUT2D eigenvalue weighted by Gasteiger charge is 2.18. The minimum absolute atomic E-state index is 0.302. The number of aryl methyl sites for hydroxylation is 1. The second-order valence-corrected chi connectivity index (χ2v) is 3.09. The summed E-state index contributed by atoms with van der Waals surface area (Å²) in [4.78, 5) is 8.30. The molecular formula is C9H13N3O. The number of hydrogen-bond donors (Lipinski definition) is 1. The van der Waals surface area contributed by atoms with Gasteiger partial charge in [0.05, 0.1) is 12.4 Å². The summed E-state index contributed by atoms with van der Waals surface area (Å²) >= 11 is 0. The number of nitrogens with one attached hydrogen (secondary N) is 1. The second kappa shape index (κ2) is 3.70. The molecule has 13 heavy (non-hydrogen) atoms. The van der Waals surface area contributed by atoms with Gasteiger partial charge in [-0.3, -0.25) is 0 Å². The van der Waals surface area contributed by atoms with Crippen molar-refractivity contribution in [3.63, 3.8) is 0 Å². The van der Waals surface area contributed by atoms with E-state index in [9.17, 15) is 0 Å². The predicted molar refractivity (Wildman–Crippen MR) is 48.7 cm³/mol. The maximum atomic E-state index is 5.56. The third-order valence-electron chi connectivity index (χ3n) is 2.04. The van der Waals surface area contributed by atoms with Crippen LogP contribution in [0.1, 0.15) is 12.7 Å². The molecule has 0 atom stereocenters. The summed E-state index contributed by atoms with van der Waals surface area (Å²) in [6, 6.07) is 0. The van der Waals surface area contributed by atoms with Crippen LogP contribution >= 0.6 is 0 Å². The van der Waals surface area contributed by atoms with Gasteiger partial charge in [-0.2, -0.15) is 0 Å². The van der Waals surface area contributed by atoms with E-state index in [0.717, 1.165) is 31.1 Å². The van der Waals surface area contributed by atoms with Crippen molar-refractivity contribution in [2.45, 2.75) is 19.4 Å². The van der Waals surface area contributed by atoms with Crippen molar-refractivity contribution in [3.05, 3.63) is 18.2 Å². The Hall–Kier alpha value is -1.16. The molecule has 1 aliphatic rings. The molecule has 1 saturated heterocycles. The molecular weight excluding hydrogens is 166 g/mol. The lowest BCUT2D eigenvalue weighted by Gasteiger charge is -2.27. The highest BCUT2D eigenvalue weighted by Crippen LogP contribution is 2.10. The van der Waals surface area contributed by atoms with Crippen LogP contribution in [0.15, 0.2) is 12.4 Å². The highest BCUT2D eigenvalue weighted by atomic mass is 16.5. The summed E-state index contributed by atoms with van der Waals surface area (Å²) in [5.74, 6) is 1.63. The van der Waals surface area contributed by atoms with E-state index in [1.165, 1.54) is 0 Å². The van der Waals surface area contributed by atoms with E-state index < -0.39 is 0 Å². The van der Waals surface area contributed by atoms with Gasteiger partial charge in [-0.1, -0.05) is 6.92 Å². The monoisotopic (exact) mass is 179 g/mol. The zero-order valence-corrected chi connectivity index (χ0v) is 7.66. The van der Waals surface area contributed by atoms with Gasteiger partial charge in [0.25, 0.3) is 0 Å². The highest BCUT2D eigenvalue weighted by molar-refractivity contribution is 5.13. The van der Waals surface area contributed by atoms with Crippen LogP contribution in [0.5, 0.6) is 5.75 Å². The molecule has 1 fully saturated rings. The fraction of sp³-hybridized carbons (Fsp3) is 0.556. The van der Waals surface area contributed by atoms with Crippen LogP contribution in [-0.4, -0.2) is 29.2 Å². The van der Waals surface area contributed by atoms with E-state index in [2.05, 4.69) is 15.3 Å². The third kappa shape index (κ3) is 1.95. The van der Waals surface area contributed by atoms with Crippen LogP contribution < -0.4 is 10.1 Å². The molecule has 0 amide bonds. The molecule has 0 bridgehead atoms. The second-order valence-electron chi connectivity index (χ2n) is 3.09. The first-order chi connectivity index (χ1) is 6.38. The molecule has 70 valence electrons. The molecule has 0 radical (unpaired) electrons. The average Bonchev–Trinajstić information content (AvgIpc) is 2.12. The molecule has 0 spiro atoms. The number of rotatable bonds is 3. The Kier molecular flexibility index (Phi) is 2.40. The van der Waals surface area contributed by atoms with Crippen molar-refractivity contribution < 1.29 is 4.74 Å². The Balaban J connectivity index is 1.96. The lowest BCUT2D eigenvalue weighted by atomic mass is 10.2. The topological polar surface area (TPSA) is 47.0 Å². The van der Waals surface area contributed by atoms with Crippen molar-refractivity contribution >= 4 is 0 Å². The largest absolute Gasteiger partial charge is 0.485 e. The van der Waals surface area contributed by atoms with Gasteiger partial charge in [-0.15, -0.1) is 0 Å². The van der Waals surface area contributed by atoms with Gasteiger partial charge in [0.2, 0.25) is 0 Å².